The highest BCUT2D eigenvalue weighted by Gasteiger charge is 2.22. The Morgan fingerprint density at radius 2 is 2.53 bits per heavy atom. The summed E-state index contributed by atoms with van der Waals surface area (Å²) >= 11 is 1.67. The Bertz CT molecular complexity index is 353. The van der Waals surface area contributed by atoms with Gasteiger partial charge in [0, 0.05) is 24.0 Å². The van der Waals surface area contributed by atoms with Crippen LogP contribution in [-0.4, -0.2) is 43.5 Å². The quantitative estimate of drug-likeness (QED) is 0.810. The van der Waals surface area contributed by atoms with Crippen LogP contribution in [-0.2, 0) is 11.3 Å². The maximum atomic E-state index is 11.7. The zero-order chi connectivity index (χ0) is 12.1. The summed E-state index contributed by atoms with van der Waals surface area (Å²) in [6, 6.07) is 4.59. The Hall–Kier alpha value is -0.910. The van der Waals surface area contributed by atoms with Crippen molar-refractivity contribution in [3.8, 4) is 0 Å². The number of thiophene rings is 1. The number of hydrogen-bond donors (Lipinski definition) is 2. The second kappa shape index (κ2) is 6.14. The summed E-state index contributed by atoms with van der Waals surface area (Å²) in [5.74, 6) is 0.121. The van der Waals surface area contributed by atoms with Crippen molar-refractivity contribution in [3.63, 3.8) is 0 Å². The Balaban J connectivity index is 1.67. The summed E-state index contributed by atoms with van der Waals surface area (Å²) in [5, 5.41) is 8.23. The van der Waals surface area contributed by atoms with Crippen molar-refractivity contribution in [3.05, 3.63) is 22.4 Å². The number of amides is 1. The summed E-state index contributed by atoms with van der Waals surface area (Å²) < 4.78 is 0. The zero-order valence-electron chi connectivity index (χ0n) is 10.1. The van der Waals surface area contributed by atoms with E-state index >= 15 is 0 Å². The fourth-order valence-corrected chi connectivity index (χ4v) is 2.71. The fraction of sp³-hybridized carbons (Fsp3) is 0.583. The van der Waals surface area contributed by atoms with Gasteiger partial charge in [-0.25, -0.2) is 0 Å². The van der Waals surface area contributed by atoms with Crippen molar-refractivity contribution < 1.29 is 4.79 Å². The zero-order valence-corrected chi connectivity index (χ0v) is 10.9. The van der Waals surface area contributed by atoms with Crippen LogP contribution < -0.4 is 10.6 Å². The minimum absolute atomic E-state index is 0.121. The molecule has 2 rings (SSSR count). The Kier molecular flexibility index (Phi) is 4.53. The molecular weight excluding hydrogens is 234 g/mol. The molecule has 5 heteroatoms. The van der Waals surface area contributed by atoms with Gasteiger partial charge in [-0.05, 0) is 24.9 Å². The van der Waals surface area contributed by atoms with Crippen molar-refractivity contribution in [1.82, 2.24) is 15.5 Å². The smallest absolute Gasteiger partial charge is 0.234 e. The number of likely N-dealkylation sites (N-methyl/N-ethyl adjacent to an activating group) is 1. The highest BCUT2D eigenvalue weighted by atomic mass is 32.1. The third kappa shape index (κ3) is 3.80. The molecule has 1 unspecified atom stereocenters. The molecule has 1 aromatic heterocycles. The summed E-state index contributed by atoms with van der Waals surface area (Å²) in [6.07, 6.45) is 1.13. The molecule has 0 spiro atoms. The average Bonchev–Trinajstić information content (AvgIpc) is 2.97. The molecule has 1 aliphatic heterocycles. The molecule has 0 bridgehead atoms. The molecule has 0 aromatic carbocycles. The molecule has 0 radical (unpaired) electrons. The monoisotopic (exact) mass is 253 g/mol. The van der Waals surface area contributed by atoms with Gasteiger partial charge in [0.1, 0.15) is 0 Å². The lowest BCUT2D eigenvalue weighted by Crippen LogP contribution is -2.37. The van der Waals surface area contributed by atoms with E-state index in [1.165, 1.54) is 4.88 Å². The lowest BCUT2D eigenvalue weighted by atomic mass is 10.3. The molecule has 1 atom stereocenters. The van der Waals surface area contributed by atoms with E-state index in [9.17, 15) is 4.79 Å². The minimum Gasteiger partial charge on any atom is -0.350 e. The number of hydrogen-bond acceptors (Lipinski definition) is 4. The Labute approximate surface area is 106 Å². The molecule has 0 saturated carbocycles. The van der Waals surface area contributed by atoms with Gasteiger partial charge in [-0.2, -0.15) is 0 Å². The van der Waals surface area contributed by atoms with Gasteiger partial charge in [-0.1, -0.05) is 6.07 Å². The van der Waals surface area contributed by atoms with E-state index in [0.29, 0.717) is 19.1 Å². The molecule has 1 saturated heterocycles. The standard InChI is InChI=1S/C12H19N3OS/c1-13-10-4-5-15(8-10)9-12(16)14-7-11-3-2-6-17-11/h2-3,6,10,13H,4-5,7-9H2,1H3,(H,14,16). The third-order valence-corrected chi connectivity index (χ3v) is 3.96. The van der Waals surface area contributed by atoms with Gasteiger partial charge in [-0.3, -0.25) is 9.69 Å². The predicted octanol–water partition coefficient (Wildman–Crippen LogP) is 0.658. The molecule has 0 aliphatic carbocycles. The van der Waals surface area contributed by atoms with Gasteiger partial charge < -0.3 is 10.6 Å². The first-order chi connectivity index (χ1) is 8.28. The second-order valence-electron chi connectivity index (χ2n) is 4.37. The summed E-state index contributed by atoms with van der Waals surface area (Å²) in [5.41, 5.74) is 0. The number of nitrogens with one attached hydrogen (secondary N) is 2. The number of carbonyl (C=O) groups excluding carboxylic acids is 1. The van der Waals surface area contributed by atoms with Gasteiger partial charge in [-0.15, -0.1) is 11.3 Å². The normalized spacial score (nSPS) is 20.6. The summed E-state index contributed by atoms with van der Waals surface area (Å²) in [4.78, 5) is 15.1. The number of rotatable bonds is 5. The van der Waals surface area contributed by atoms with E-state index in [1.807, 2.05) is 24.6 Å². The number of carbonyl (C=O) groups is 1. The SMILES string of the molecule is CNC1CCN(CC(=O)NCc2cccs2)C1. The predicted molar refractivity (Wildman–Crippen MR) is 70.1 cm³/mol. The van der Waals surface area contributed by atoms with Crippen molar-refractivity contribution >= 4 is 17.2 Å². The largest absolute Gasteiger partial charge is 0.350 e. The Morgan fingerprint density at radius 1 is 1.65 bits per heavy atom. The molecule has 1 aromatic rings. The molecule has 1 fully saturated rings. The van der Waals surface area contributed by atoms with E-state index in [0.717, 1.165) is 19.5 Å². The van der Waals surface area contributed by atoms with Crippen molar-refractivity contribution in [2.75, 3.05) is 26.7 Å². The average molecular weight is 253 g/mol. The van der Waals surface area contributed by atoms with E-state index in [4.69, 9.17) is 0 Å². The van der Waals surface area contributed by atoms with Crippen LogP contribution in [0.1, 0.15) is 11.3 Å². The highest BCUT2D eigenvalue weighted by molar-refractivity contribution is 7.09. The van der Waals surface area contributed by atoms with Crippen LogP contribution in [0.25, 0.3) is 0 Å². The van der Waals surface area contributed by atoms with Gasteiger partial charge >= 0.3 is 0 Å². The molecule has 4 nitrogen and oxygen atoms in total. The molecule has 2 N–H and O–H groups in total. The van der Waals surface area contributed by atoms with Crippen molar-refractivity contribution in [2.45, 2.75) is 19.0 Å². The highest BCUT2D eigenvalue weighted by Crippen LogP contribution is 2.09. The van der Waals surface area contributed by atoms with E-state index in [2.05, 4.69) is 15.5 Å². The van der Waals surface area contributed by atoms with Crippen LogP contribution in [0.3, 0.4) is 0 Å². The maximum absolute atomic E-state index is 11.7. The fourth-order valence-electron chi connectivity index (χ4n) is 2.07. The second-order valence-corrected chi connectivity index (χ2v) is 5.40. The first-order valence-corrected chi connectivity index (χ1v) is 6.84. The van der Waals surface area contributed by atoms with E-state index < -0.39 is 0 Å². The molecule has 94 valence electrons. The van der Waals surface area contributed by atoms with Crippen LogP contribution >= 0.6 is 11.3 Å². The van der Waals surface area contributed by atoms with Crippen LogP contribution in [0, 0.1) is 0 Å². The molecule has 2 heterocycles. The van der Waals surface area contributed by atoms with Crippen LogP contribution in [0.2, 0.25) is 0 Å². The van der Waals surface area contributed by atoms with Gasteiger partial charge in [0.05, 0.1) is 13.1 Å². The van der Waals surface area contributed by atoms with Crippen LogP contribution in [0.4, 0.5) is 0 Å². The lowest BCUT2D eigenvalue weighted by molar-refractivity contribution is -0.122. The first kappa shape index (κ1) is 12.5. The molecule has 1 aliphatic rings. The molecular formula is C12H19N3OS. The maximum Gasteiger partial charge on any atom is 0.234 e. The van der Waals surface area contributed by atoms with E-state index in [1.54, 1.807) is 11.3 Å². The van der Waals surface area contributed by atoms with Crippen molar-refractivity contribution in [1.29, 1.82) is 0 Å². The third-order valence-electron chi connectivity index (χ3n) is 3.09. The van der Waals surface area contributed by atoms with Crippen LogP contribution in [0.5, 0.6) is 0 Å². The van der Waals surface area contributed by atoms with Gasteiger partial charge in [0.25, 0.3) is 0 Å². The van der Waals surface area contributed by atoms with Gasteiger partial charge in [0.2, 0.25) is 5.91 Å². The van der Waals surface area contributed by atoms with Crippen molar-refractivity contribution in [2.24, 2.45) is 0 Å². The molecule has 17 heavy (non-hydrogen) atoms. The summed E-state index contributed by atoms with van der Waals surface area (Å²) in [7, 11) is 1.98. The topological polar surface area (TPSA) is 44.4 Å². The first-order valence-electron chi connectivity index (χ1n) is 5.96. The molecule has 1 amide bonds. The lowest BCUT2D eigenvalue weighted by Gasteiger charge is -2.15. The minimum atomic E-state index is 0.121. The van der Waals surface area contributed by atoms with Gasteiger partial charge in [0.15, 0.2) is 0 Å². The summed E-state index contributed by atoms with van der Waals surface area (Å²) in [6.45, 7) is 3.16. The number of nitrogens with zero attached hydrogens (tertiary/aromatic N) is 1. The Morgan fingerprint density at radius 3 is 3.18 bits per heavy atom. The van der Waals surface area contributed by atoms with Crippen LogP contribution in [0.15, 0.2) is 17.5 Å². The van der Waals surface area contributed by atoms with E-state index in [-0.39, 0.29) is 5.91 Å². The number of likely N-dealkylation sites (tertiary alicyclic amines) is 1.